The molecular formula is C28H50O4. The van der Waals surface area contributed by atoms with Crippen LogP contribution in [0.15, 0.2) is 12.2 Å². The fourth-order valence-electron chi connectivity index (χ4n) is 4.41. The number of carbonyl (C=O) groups excluding carboxylic acids is 2. The van der Waals surface area contributed by atoms with E-state index in [2.05, 4.69) is 6.92 Å². The van der Waals surface area contributed by atoms with E-state index >= 15 is 0 Å². The minimum atomic E-state index is -0.407. The lowest BCUT2D eigenvalue weighted by atomic mass is 9.83. The Morgan fingerprint density at radius 2 is 1.09 bits per heavy atom. The van der Waals surface area contributed by atoms with Crippen LogP contribution in [0.3, 0.4) is 0 Å². The molecule has 0 radical (unpaired) electrons. The van der Waals surface area contributed by atoms with Crippen molar-refractivity contribution < 1.29 is 19.1 Å². The van der Waals surface area contributed by atoms with E-state index in [-0.39, 0.29) is 18.0 Å². The quantitative estimate of drug-likeness (QED) is 0.114. The molecule has 0 saturated heterocycles. The molecular weight excluding hydrogens is 400 g/mol. The molecule has 0 N–H and O–H groups in total. The van der Waals surface area contributed by atoms with Crippen LogP contribution in [0.4, 0.5) is 0 Å². The maximum atomic E-state index is 12.5. The summed E-state index contributed by atoms with van der Waals surface area (Å²) in [4.78, 5) is 24.8. The molecule has 32 heavy (non-hydrogen) atoms. The summed E-state index contributed by atoms with van der Waals surface area (Å²) < 4.78 is 10.8. The Balaban J connectivity index is 1.97. The summed E-state index contributed by atoms with van der Waals surface area (Å²) in [7, 11) is 0. The highest BCUT2D eigenvalue weighted by Gasteiger charge is 2.36. The van der Waals surface area contributed by atoms with Gasteiger partial charge in [-0.25, -0.2) is 0 Å². The fourth-order valence-corrected chi connectivity index (χ4v) is 4.41. The van der Waals surface area contributed by atoms with Gasteiger partial charge < -0.3 is 9.47 Å². The summed E-state index contributed by atoms with van der Waals surface area (Å²) in [6.07, 6.45) is 24.7. The van der Waals surface area contributed by atoms with Gasteiger partial charge in [-0.3, -0.25) is 9.59 Å². The van der Waals surface area contributed by atoms with Crippen LogP contribution in [-0.4, -0.2) is 24.6 Å². The number of ether oxygens (including phenoxy) is 2. The van der Waals surface area contributed by atoms with Crippen molar-refractivity contribution in [2.45, 2.75) is 136 Å². The van der Waals surface area contributed by atoms with E-state index in [1.54, 1.807) is 0 Å². The zero-order chi connectivity index (χ0) is 23.4. The lowest BCUT2D eigenvalue weighted by molar-refractivity contribution is -0.163. The monoisotopic (exact) mass is 450 g/mol. The number of rotatable bonds is 19. The zero-order valence-corrected chi connectivity index (χ0v) is 21.2. The second kappa shape index (κ2) is 19.2. The molecule has 0 aliphatic heterocycles. The summed E-state index contributed by atoms with van der Waals surface area (Å²) in [5.41, 5.74) is 0. The Labute approximate surface area is 197 Å². The van der Waals surface area contributed by atoms with Crippen LogP contribution < -0.4 is 0 Å². The second-order valence-electron chi connectivity index (χ2n) is 9.76. The van der Waals surface area contributed by atoms with E-state index < -0.39 is 11.8 Å². The molecule has 0 aromatic heterocycles. The second-order valence-corrected chi connectivity index (χ2v) is 9.76. The average molecular weight is 451 g/mol. The van der Waals surface area contributed by atoms with Gasteiger partial charge in [0.25, 0.3) is 0 Å². The van der Waals surface area contributed by atoms with Crippen LogP contribution in [0.25, 0.3) is 0 Å². The van der Waals surface area contributed by atoms with Crippen molar-refractivity contribution in [2.75, 3.05) is 6.61 Å². The van der Waals surface area contributed by atoms with Crippen molar-refractivity contribution in [3.05, 3.63) is 12.2 Å². The Morgan fingerprint density at radius 1 is 0.688 bits per heavy atom. The first-order valence-corrected chi connectivity index (χ1v) is 13.6. The molecule has 4 heteroatoms. The molecule has 0 aromatic rings. The van der Waals surface area contributed by atoms with E-state index in [9.17, 15) is 9.59 Å². The van der Waals surface area contributed by atoms with Crippen molar-refractivity contribution >= 4 is 11.9 Å². The highest BCUT2D eigenvalue weighted by atomic mass is 16.5. The molecule has 0 aromatic carbocycles. The van der Waals surface area contributed by atoms with Gasteiger partial charge in [-0.05, 0) is 33.1 Å². The Kier molecular flexibility index (Phi) is 17.2. The highest BCUT2D eigenvalue weighted by Crippen LogP contribution is 2.28. The fraction of sp³-hybridized carbons (Fsp3) is 0.857. The standard InChI is InChI=1S/C28H50O4/c1-4-5-6-7-8-9-10-11-12-13-14-15-16-17-20-23-31-27(29)25-21-18-19-22-26(25)28(30)32-24(2)3/h18-19,24-26H,4-17,20-23H2,1-3H3. The minimum Gasteiger partial charge on any atom is -0.465 e. The summed E-state index contributed by atoms with van der Waals surface area (Å²) in [6, 6.07) is 0. The third-order valence-electron chi connectivity index (χ3n) is 6.38. The molecule has 2 atom stereocenters. The van der Waals surface area contributed by atoms with Gasteiger partial charge in [0.15, 0.2) is 0 Å². The maximum Gasteiger partial charge on any atom is 0.310 e. The number of allylic oxidation sites excluding steroid dienone is 2. The Hall–Kier alpha value is -1.32. The Bertz CT molecular complexity index is 512. The van der Waals surface area contributed by atoms with E-state index in [0.717, 1.165) is 12.8 Å². The molecule has 0 fully saturated rings. The number of hydrogen-bond acceptors (Lipinski definition) is 4. The minimum absolute atomic E-state index is 0.162. The molecule has 0 spiro atoms. The summed E-state index contributed by atoms with van der Waals surface area (Å²) >= 11 is 0. The van der Waals surface area contributed by atoms with Crippen LogP contribution in [0.1, 0.15) is 130 Å². The van der Waals surface area contributed by atoms with Gasteiger partial charge in [0, 0.05) is 0 Å². The van der Waals surface area contributed by atoms with Crippen molar-refractivity contribution in [3.8, 4) is 0 Å². The normalized spacial score (nSPS) is 18.1. The van der Waals surface area contributed by atoms with Crippen LogP contribution >= 0.6 is 0 Å². The lowest BCUT2D eigenvalue weighted by Crippen LogP contribution is -2.34. The van der Waals surface area contributed by atoms with Gasteiger partial charge in [-0.1, -0.05) is 109 Å². The van der Waals surface area contributed by atoms with Crippen LogP contribution in [0, 0.1) is 11.8 Å². The summed E-state index contributed by atoms with van der Waals surface area (Å²) in [5.74, 6) is -1.33. The molecule has 2 unspecified atom stereocenters. The first-order valence-electron chi connectivity index (χ1n) is 13.6. The first kappa shape index (κ1) is 28.7. The van der Waals surface area contributed by atoms with Crippen LogP contribution in [-0.2, 0) is 19.1 Å². The zero-order valence-electron chi connectivity index (χ0n) is 21.2. The van der Waals surface area contributed by atoms with Crippen LogP contribution in [0.2, 0.25) is 0 Å². The van der Waals surface area contributed by atoms with Crippen molar-refractivity contribution in [1.82, 2.24) is 0 Å². The van der Waals surface area contributed by atoms with Gasteiger partial charge in [0.2, 0.25) is 0 Å². The van der Waals surface area contributed by atoms with Gasteiger partial charge in [-0.15, -0.1) is 0 Å². The third-order valence-corrected chi connectivity index (χ3v) is 6.38. The third kappa shape index (κ3) is 14.0. The average Bonchev–Trinajstić information content (AvgIpc) is 2.78. The molecule has 0 saturated carbocycles. The highest BCUT2D eigenvalue weighted by molar-refractivity contribution is 5.82. The van der Waals surface area contributed by atoms with Gasteiger partial charge in [0.1, 0.15) is 0 Å². The smallest absolute Gasteiger partial charge is 0.310 e. The number of unbranched alkanes of at least 4 members (excludes halogenated alkanes) is 14. The van der Waals surface area contributed by atoms with E-state index in [1.807, 2.05) is 26.0 Å². The molecule has 1 rings (SSSR count). The largest absolute Gasteiger partial charge is 0.465 e. The molecule has 0 bridgehead atoms. The molecule has 4 nitrogen and oxygen atoms in total. The summed E-state index contributed by atoms with van der Waals surface area (Å²) in [5, 5.41) is 0. The van der Waals surface area contributed by atoms with Crippen molar-refractivity contribution in [1.29, 1.82) is 0 Å². The molecule has 186 valence electrons. The first-order chi connectivity index (χ1) is 15.6. The van der Waals surface area contributed by atoms with Gasteiger partial charge >= 0.3 is 11.9 Å². The van der Waals surface area contributed by atoms with Crippen molar-refractivity contribution in [3.63, 3.8) is 0 Å². The predicted octanol–water partition coefficient (Wildman–Crippen LogP) is 7.94. The number of hydrogen-bond donors (Lipinski definition) is 0. The Morgan fingerprint density at radius 3 is 1.53 bits per heavy atom. The van der Waals surface area contributed by atoms with Gasteiger partial charge in [0.05, 0.1) is 24.5 Å². The maximum absolute atomic E-state index is 12.5. The van der Waals surface area contributed by atoms with Crippen molar-refractivity contribution in [2.24, 2.45) is 11.8 Å². The van der Waals surface area contributed by atoms with E-state index in [0.29, 0.717) is 19.4 Å². The molecule has 1 aliphatic rings. The van der Waals surface area contributed by atoms with E-state index in [4.69, 9.17) is 9.47 Å². The lowest BCUT2D eigenvalue weighted by Gasteiger charge is -2.26. The SMILES string of the molecule is CCCCCCCCCCCCCCCCCOC(=O)C1CC=CCC1C(=O)OC(C)C. The molecule has 0 amide bonds. The topological polar surface area (TPSA) is 52.6 Å². The van der Waals surface area contributed by atoms with Gasteiger partial charge in [-0.2, -0.15) is 0 Å². The predicted molar refractivity (Wildman–Crippen MR) is 132 cm³/mol. The number of carbonyl (C=O) groups is 2. The summed E-state index contributed by atoms with van der Waals surface area (Å²) in [6.45, 7) is 6.40. The molecule has 1 aliphatic carbocycles. The molecule has 0 heterocycles. The van der Waals surface area contributed by atoms with E-state index in [1.165, 1.54) is 83.5 Å². The van der Waals surface area contributed by atoms with Crippen LogP contribution in [0.5, 0.6) is 0 Å². The number of esters is 2.